The molecule has 0 bridgehead atoms. The topological polar surface area (TPSA) is 57.7 Å². The maximum Gasteiger partial charge on any atom is 0.231 e. The first-order valence-electron chi connectivity index (χ1n) is 6.36. The lowest BCUT2D eigenvalue weighted by Gasteiger charge is -2.24. The van der Waals surface area contributed by atoms with Crippen LogP contribution in [0.3, 0.4) is 0 Å². The molecular formula is C14H22N2O3S. The Labute approximate surface area is 121 Å². The lowest BCUT2D eigenvalue weighted by molar-refractivity contribution is -0.118. The predicted molar refractivity (Wildman–Crippen MR) is 81.4 cm³/mol. The van der Waals surface area contributed by atoms with Gasteiger partial charge in [0.1, 0.15) is 5.78 Å². The van der Waals surface area contributed by atoms with E-state index in [-0.39, 0.29) is 11.8 Å². The van der Waals surface area contributed by atoms with E-state index in [0.29, 0.717) is 12.2 Å². The van der Waals surface area contributed by atoms with Gasteiger partial charge in [0.15, 0.2) is 0 Å². The zero-order chi connectivity index (χ0) is 15.5. The van der Waals surface area contributed by atoms with Crippen molar-refractivity contribution in [2.24, 2.45) is 0 Å². The van der Waals surface area contributed by atoms with Gasteiger partial charge < -0.3 is 0 Å². The van der Waals surface area contributed by atoms with Crippen LogP contribution >= 0.6 is 0 Å². The summed E-state index contributed by atoms with van der Waals surface area (Å²) in [6.07, 6.45) is 1.17. The van der Waals surface area contributed by atoms with Gasteiger partial charge >= 0.3 is 0 Å². The van der Waals surface area contributed by atoms with Gasteiger partial charge in [0.05, 0.1) is 18.5 Å². The summed E-state index contributed by atoms with van der Waals surface area (Å²) in [4.78, 5) is 13.1. The number of likely N-dealkylation sites (N-methyl/N-ethyl adjacent to an activating group) is 1. The van der Waals surface area contributed by atoms with E-state index in [9.17, 15) is 13.2 Å². The summed E-state index contributed by atoms with van der Waals surface area (Å²) < 4.78 is 24.2. The Kier molecular flexibility index (Phi) is 5.30. The number of Topliss-reactive ketones (excluding diaryl/α,β-unsaturated/α-hetero) is 1. The molecule has 20 heavy (non-hydrogen) atoms. The van der Waals surface area contributed by atoms with Gasteiger partial charge in [-0.2, -0.15) is 0 Å². The molecule has 0 aliphatic rings. The van der Waals surface area contributed by atoms with Crippen LogP contribution in [0.25, 0.3) is 0 Å². The smallest absolute Gasteiger partial charge is 0.231 e. The van der Waals surface area contributed by atoms with Crippen molar-refractivity contribution in [1.82, 2.24) is 4.90 Å². The van der Waals surface area contributed by atoms with Crippen molar-refractivity contribution < 1.29 is 13.2 Å². The molecule has 5 nitrogen and oxygen atoms in total. The highest BCUT2D eigenvalue weighted by Gasteiger charge is 2.15. The first kappa shape index (κ1) is 16.7. The van der Waals surface area contributed by atoms with Crippen LogP contribution in [0.1, 0.15) is 25.5 Å². The quantitative estimate of drug-likeness (QED) is 0.801. The fraction of sp³-hybridized carbons (Fsp3) is 0.500. The van der Waals surface area contributed by atoms with Gasteiger partial charge in [0.25, 0.3) is 0 Å². The molecule has 112 valence electrons. The van der Waals surface area contributed by atoms with Crippen molar-refractivity contribution in [3.63, 3.8) is 0 Å². The Morgan fingerprint density at radius 3 is 2.10 bits per heavy atom. The van der Waals surface area contributed by atoms with Crippen LogP contribution in [0, 0.1) is 0 Å². The molecule has 1 atom stereocenters. The molecular weight excluding hydrogens is 276 g/mol. The summed E-state index contributed by atoms with van der Waals surface area (Å²) in [5, 5.41) is 0. The zero-order valence-corrected chi connectivity index (χ0v) is 13.4. The van der Waals surface area contributed by atoms with E-state index in [1.54, 1.807) is 19.1 Å². The van der Waals surface area contributed by atoms with Gasteiger partial charge in [-0.15, -0.1) is 0 Å². The molecule has 1 unspecified atom stereocenters. The maximum atomic E-state index is 11.5. The second kappa shape index (κ2) is 6.37. The Morgan fingerprint density at radius 2 is 1.70 bits per heavy atom. The van der Waals surface area contributed by atoms with Gasteiger partial charge in [-0.25, -0.2) is 8.42 Å². The fourth-order valence-electron chi connectivity index (χ4n) is 1.90. The van der Waals surface area contributed by atoms with Gasteiger partial charge in [-0.3, -0.25) is 14.0 Å². The standard InChI is InChI=1S/C14H22N2O3S/c1-11(17)10-15(3)12(2)13-6-8-14(9-7-13)16(4)20(5,18)19/h6-9,12H,10H2,1-5H3. The van der Waals surface area contributed by atoms with Crippen LogP contribution in [-0.2, 0) is 14.8 Å². The minimum atomic E-state index is -3.24. The summed E-state index contributed by atoms with van der Waals surface area (Å²) in [6.45, 7) is 3.97. The van der Waals surface area contributed by atoms with Crippen LogP contribution in [0.4, 0.5) is 5.69 Å². The number of carbonyl (C=O) groups excluding carboxylic acids is 1. The molecule has 1 rings (SSSR count). The second-order valence-corrected chi connectivity index (χ2v) is 7.13. The number of anilines is 1. The summed E-state index contributed by atoms with van der Waals surface area (Å²) in [6, 6.07) is 7.41. The first-order valence-corrected chi connectivity index (χ1v) is 8.21. The first-order chi connectivity index (χ1) is 9.12. The molecule has 0 spiro atoms. The minimum absolute atomic E-state index is 0.0940. The third-order valence-corrected chi connectivity index (χ3v) is 4.58. The van der Waals surface area contributed by atoms with E-state index < -0.39 is 10.0 Å². The second-order valence-electron chi connectivity index (χ2n) is 5.12. The Bertz CT molecular complexity index is 567. The Morgan fingerprint density at radius 1 is 1.20 bits per heavy atom. The third-order valence-electron chi connectivity index (χ3n) is 3.37. The summed E-state index contributed by atoms with van der Waals surface area (Å²) in [5.74, 6) is 0.118. The highest BCUT2D eigenvalue weighted by atomic mass is 32.2. The van der Waals surface area contributed by atoms with Crippen LogP contribution < -0.4 is 4.31 Å². The Hall–Kier alpha value is -1.40. The van der Waals surface area contributed by atoms with Crippen LogP contribution in [0.15, 0.2) is 24.3 Å². The fourth-order valence-corrected chi connectivity index (χ4v) is 2.40. The Balaban J connectivity index is 2.89. The molecule has 0 radical (unpaired) electrons. The van der Waals surface area contributed by atoms with E-state index >= 15 is 0 Å². The van der Waals surface area contributed by atoms with Crippen molar-refractivity contribution >= 4 is 21.5 Å². The predicted octanol–water partition coefficient (Wildman–Crippen LogP) is 1.66. The monoisotopic (exact) mass is 298 g/mol. The number of ketones is 1. The molecule has 0 amide bonds. The number of nitrogens with zero attached hydrogens (tertiary/aromatic N) is 2. The molecule has 6 heteroatoms. The average Bonchev–Trinajstić information content (AvgIpc) is 2.35. The van der Waals surface area contributed by atoms with E-state index in [2.05, 4.69) is 0 Å². The summed E-state index contributed by atoms with van der Waals surface area (Å²) in [5.41, 5.74) is 1.66. The van der Waals surface area contributed by atoms with Crippen molar-refractivity contribution in [2.75, 3.05) is 31.2 Å². The van der Waals surface area contributed by atoms with Crippen LogP contribution in [-0.4, -0.2) is 46.0 Å². The van der Waals surface area contributed by atoms with Crippen molar-refractivity contribution in [3.05, 3.63) is 29.8 Å². The van der Waals surface area contributed by atoms with E-state index in [4.69, 9.17) is 0 Å². The lowest BCUT2D eigenvalue weighted by Crippen LogP contribution is -2.27. The normalized spacial score (nSPS) is 13.3. The number of rotatable bonds is 6. The summed E-state index contributed by atoms with van der Waals surface area (Å²) in [7, 11) is 0.172. The summed E-state index contributed by atoms with van der Waals surface area (Å²) >= 11 is 0. The number of benzene rings is 1. The van der Waals surface area contributed by atoms with E-state index in [0.717, 1.165) is 5.56 Å². The third kappa shape index (κ3) is 4.31. The minimum Gasteiger partial charge on any atom is -0.299 e. The van der Waals surface area contributed by atoms with Gasteiger partial charge in [-0.05, 0) is 38.6 Å². The molecule has 0 fully saturated rings. The molecule has 0 saturated carbocycles. The van der Waals surface area contributed by atoms with Crippen molar-refractivity contribution in [3.8, 4) is 0 Å². The van der Waals surface area contributed by atoms with Crippen LogP contribution in [0.5, 0.6) is 0 Å². The van der Waals surface area contributed by atoms with Crippen LogP contribution in [0.2, 0.25) is 0 Å². The molecule has 1 aromatic rings. The zero-order valence-electron chi connectivity index (χ0n) is 12.6. The molecule has 0 saturated heterocycles. The number of carbonyl (C=O) groups is 1. The molecule has 1 aromatic carbocycles. The molecule has 0 aromatic heterocycles. The molecule has 0 aliphatic heterocycles. The molecule has 0 N–H and O–H groups in total. The number of sulfonamides is 1. The molecule has 0 heterocycles. The van der Waals surface area contributed by atoms with Crippen molar-refractivity contribution in [2.45, 2.75) is 19.9 Å². The van der Waals surface area contributed by atoms with E-state index in [1.807, 2.05) is 31.0 Å². The highest BCUT2D eigenvalue weighted by Crippen LogP contribution is 2.22. The van der Waals surface area contributed by atoms with Gasteiger partial charge in [0.2, 0.25) is 10.0 Å². The SMILES string of the molecule is CC(=O)CN(C)C(C)c1ccc(N(C)S(C)(=O)=O)cc1. The highest BCUT2D eigenvalue weighted by molar-refractivity contribution is 7.92. The molecule has 0 aliphatic carbocycles. The maximum absolute atomic E-state index is 11.5. The average molecular weight is 298 g/mol. The lowest BCUT2D eigenvalue weighted by atomic mass is 10.1. The number of hydrogen-bond acceptors (Lipinski definition) is 4. The largest absolute Gasteiger partial charge is 0.299 e. The van der Waals surface area contributed by atoms with Gasteiger partial charge in [0, 0.05) is 13.1 Å². The van der Waals surface area contributed by atoms with Crippen molar-refractivity contribution in [1.29, 1.82) is 0 Å². The van der Waals surface area contributed by atoms with E-state index in [1.165, 1.54) is 17.6 Å². The van der Waals surface area contributed by atoms with Gasteiger partial charge in [-0.1, -0.05) is 12.1 Å². The number of hydrogen-bond donors (Lipinski definition) is 0.